The number of piperazine rings is 1. The van der Waals surface area contributed by atoms with Gasteiger partial charge in [0.25, 0.3) is 0 Å². The second kappa shape index (κ2) is 13.3. The molecule has 37 heavy (non-hydrogen) atoms. The predicted molar refractivity (Wildman–Crippen MR) is 144 cm³/mol. The lowest BCUT2D eigenvalue weighted by molar-refractivity contribution is 0.0926. The third kappa shape index (κ3) is 9.04. The average Bonchev–Trinajstić information content (AvgIpc) is 2.87. The van der Waals surface area contributed by atoms with Crippen molar-refractivity contribution < 1.29 is 27.4 Å². The standard InChI is InChI=1S/C25H35ClN4O6S/c1-34-19-12-18(13-20(14-19)35-2)17-36-25-16-23(27)22(26)15-21(25)24(31)4-6-29-8-10-30(11-9-29)7-5-28-37(3,32)33/h12-16,28H,4-11,17,27H2,1-3H3. The van der Waals surface area contributed by atoms with Crippen LogP contribution in [0.15, 0.2) is 30.3 Å². The van der Waals surface area contributed by atoms with Crippen LogP contribution in [0.2, 0.25) is 5.02 Å². The molecule has 0 aliphatic carbocycles. The molecule has 1 heterocycles. The Morgan fingerprint density at radius 1 is 1.00 bits per heavy atom. The Labute approximate surface area is 223 Å². The Morgan fingerprint density at radius 3 is 2.16 bits per heavy atom. The second-order valence-electron chi connectivity index (χ2n) is 8.90. The summed E-state index contributed by atoms with van der Waals surface area (Å²) in [5, 5.41) is 0.301. The van der Waals surface area contributed by atoms with E-state index < -0.39 is 10.0 Å². The summed E-state index contributed by atoms with van der Waals surface area (Å²) in [7, 11) is -0.0282. The third-order valence-electron chi connectivity index (χ3n) is 6.12. The van der Waals surface area contributed by atoms with E-state index in [9.17, 15) is 13.2 Å². The minimum absolute atomic E-state index is 0.0834. The summed E-state index contributed by atoms with van der Waals surface area (Å²) in [5.41, 5.74) is 7.53. The number of rotatable bonds is 13. The maximum absolute atomic E-state index is 13.2. The van der Waals surface area contributed by atoms with Gasteiger partial charge in [-0.15, -0.1) is 0 Å². The number of carbonyl (C=O) groups is 1. The molecule has 0 unspecified atom stereocenters. The molecule has 3 N–H and O–H groups in total. The van der Waals surface area contributed by atoms with Crippen molar-refractivity contribution in [2.45, 2.75) is 13.0 Å². The molecule has 0 aromatic heterocycles. The smallest absolute Gasteiger partial charge is 0.208 e. The number of nitrogens with two attached hydrogens (primary N) is 1. The number of ketones is 1. The van der Waals surface area contributed by atoms with E-state index >= 15 is 0 Å². The number of hydrogen-bond donors (Lipinski definition) is 2. The Bertz CT molecular complexity index is 1160. The lowest BCUT2D eigenvalue weighted by atomic mass is 10.1. The van der Waals surface area contributed by atoms with Gasteiger partial charge in [0.2, 0.25) is 10.0 Å². The molecule has 0 amide bonds. The predicted octanol–water partition coefficient (Wildman–Crippen LogP) is 2.26. The van der Waals surface area contributed by atoms with Gasteiger partial charge in [0.1, 0.15) is 23.9 Å². The SMILES string of the molecule is COc1cc(COc2cc(N)c(Cl)cc2C(=O)CCN2CCN(CCNS(C)(=O)=O)CC2)cc(OC)c1. The van der Waals surface area contributed by atoms with Crippen LogP contribution in [0, 0.1) is 0 Å². The van der Waals surface area contributed by atoms with E-state index in [-0.39, 0.29) is 12.4 Å². The summed E-state index contributed by atoms with van der Waals surface area (Å²) in [6, 6.07) is 8.58. The number of carbonyl (C=O) groups excluding carboxylic acids is 1. The quantitative estimate of drug-likeness (QED) is 0.283. The van der Waals surface area contributed by atoms with Gasteiger partial charge in [-0.25, -0.2) is 13.1 Å². The molecule has 204 valence electrons. The minimum atomic E-state index is -3.18. The number of nitrogens with one attached hydrogen (secondary N) is 1. The van der Waals surface area contributed by atoms with E-state index in [0.29, 0.717) is 59.6 Å². The number of anilines is 1. The maximum Gasteiger partial charge on any atom is 0.208 e. The molecular formula is C25H35ClN4O6S. The fourth-order valence-electron chi connectivity index (χ4n) is 4.04. The summed E-state index contributed by atoms with van der Waals surface area (Å²) < 4.78 is 41.6. The van der Waals surface area contributed by atoms with Crippen molar-refractivity contribution in [3.8, 4) is 17.2 Å². The third-order valence-corrected chi connectivity index (χ3v) is 7.17. The largest absolute Gasteiger partial charge is 0.497 e. The highest BCUT2D eigenvalue weighted by atomic mass is 35.5. The summed E-state index contributed by atoms with van der Waals surface area (Å²) >= 11 is 6.24. The number of nitrogens with zero attached hydrogens (tertiary/aromatic N) is 2. The molecule has 0 radical (unpaired) electrons. The zero-order valence-electron chi connectivity index (χ0n) is 21.5. The zero-order chi connectivity index (χ0) is 27.0. The van der Waals surface area contributed by atoms with Crippen molar-refractivity contribution in [2.24, 2.45) is 0 Å². The van der Waals surface area contributed by atoms with Gasteiger partial charge < -0.3 is 24.8 Å². The molecule has 10 nitrogen and oxygen atoms in total. The molecule has 0 bridgehead atoms. The van der Waals surface area contributed by atoms with Crippen LogP contribution >= 0.6 is 11.6 Å². The van der Waals surface area contributed by atoms with Gasteiger partial charge in [-0.1, -0.05) is 11.6 Å². The average molecular weight is 555 g/mol. The maximum atomic E-state index is 13.2. The van der Waals surface area contributed by atoms with Crippen molar-refractivity contribution >= 4 is 33.1 Å². The van der Waals surface area contributed by atoms with Crippen LogP contribution in [0.4, 0.5) is 5.69 Å². The molecule has 3 rings (SSSR count). The van der Waals surface area contributed by atoms with E-state index in [1.807, 2.05) is 12.1 Å². The van der Waals surface area contributed by atoms with Crippen LogP contribution < -0.4 is 24.7 Å². The number of Topliss-reactive ketones (excluding diaryl/α,β-unsaturated/α-hetero) is 1. The molecular weight excluding hydrogens is 520 g/mol. The van der Waals surface area contributed by atoms with Crippen molar-refractivity contribution in [3.05, 3.63) is 46.5 Å². The number of methoxy groups -OCH3 is 2. The molecule has 1 aliphatic rings. The topological polar surface area (TPSA) is 123 Å². The molecule has 1 fully saturated rings. The molecule has 1 saturated heterocycles. The first kappa shape index (κ1) is 29.0. The van der Waals surface area contributed by atoms with Gasteiger partial charge in [0, 0.05) is 64.4 Å². The Balaban J connectivity index is 1.57. The van der Waals surface area contributed by atoms with Gasteiger partial charge in [-0.3, -0.25) is 9.69 Å². The number of hydrogen-bond acceptors (Lipinski definition) is 9. The zero-order valence-corrected chi connectivity index (χ0v) is 23.0. The number of halogens is 1. The van der Waals surface area contributed by atoms with E-state index in [2.05, 4.69) is 14.5 Å². The van der Waals surface area contributed by atoms with Crippen LogP contribution in [-0.2, 0) is 16.6 Å². The van der Waals surface area contributed by atoms with Gasteiger partial charge in [-0.05, 0) is 23.8 Å². The summed E-state index contributed by atoms with van der Waals surface area (Å²) in [6.45, 7) is 5.06. The molecule has 0 saturated carbocycles. The highest BCUT2D eigenvalue weighted by molar-refractivity contribution is 7.88. The Morgan fingerprint density at radius 2 is 1.59 bits per heavy atom. The monoisotopic (exact) mass is 554 g/mol. The van der Waals surface area contributed by atoms with Crippen LogP contribution in [0.1, 0.15) is 22.3 Å². The fraction of sp³-hybridized carbons (Fsp3) is 0.480. The van der Waals surface area contributed by atoms with Crippen LogP contribution in [0.25, 0.3) is 0 Å². The molecule has 2 aromatic rings. The van der Waals surface area contributed by atoms with Crippen molar-refractivity contribution in [2.75, 3.05) is 72.0 Å². The van der Waals surface area contributed by atoms with Gasteiger partial charge in [0.15, 0.2) is 5.78 Å². The normalized spacial score (nSPS) is 14.9. The molecule has 0 atom stereocenters. The van der Waals surface area contributed by atoms with Crippen LogP contribution in [0.3, 0.4) is 0 Å². The second-order valence-corrected chi connectivity index (χ2v) is 11.1. The van der Waals surface area contributed by atoms with E-state index in [4.69, 9.17) is 31.5 Å². The number of benzene rings is 2. The highest BCUT2D eigenvalue weighted by Gasteiger charge is 2.20. The fourth-order valence-corrected chi connectivity index (χ4v) is 4.66. The lowest BCUT2D eigenvalue weighted by Crippen LogP contribution is -2.48. The molecule has 1 aliphatic heterocycles. The highest BCUT2D eigenvalue weighted by Crippen LogP contribution is 2.31. The molecule has 0 spiro atoms. The minimum Gasteiger partial charge on any atom is -0.497 e. The molecule has 12 heteroatoms. The van der Waals surface area contributed by atoms with E-state index in [0.717, 1.165) is 38.0 Å². The van der Waals surface area contributed by atoms with E-state index in [1.165, 1.54) is 0 Å². The van der Waals surface area contributed by atoms with Crippen molar-refractivity contribution in [3.63, 3.8) is 0 Å². The van der Waals surface area contributed by atoms with Crippen LogP contribution in [0.5, 0.6) is 17.2 Å². The van der Waals surface area contributed by atoms with E-state index in [1.54, 1.807) is 32.4 Å². The number of nitrogen functional groups attached to an aromatic ring is 1. The first-order chi connectivity index (χ1) is 17.6. The summed E-state index contributed by atoms with van der Waals surface area (Å²) in [4.78, 5) is 17.6. The number of ether oxygens (including phenoxy) is 3. The van der Waals surface area contributed by atoms with Crippen molar-refractivity contribution in [1.82, 2.24) is 14.5 Å². The van der Waals surface area contributed by atoms with Crippen LogP contribution in [-0.4, -0.2) is 90.3 Å². The van der Waals surface area contributed by atoms with Gasteiger partial charge in [0.05, 0.1) is 36.7 Å². The lowest BCUT2D eigenvalue weighted by Gasteiger charge is -2.34. The number of sulfonamides is 1. The van der Waals surface area contributed by atoms with Crippen molar-refractivity contribution in [1.29, 1.82) is 0 Å². The summed E-state index contributed by atoms with van der Waals surface area (Å²) in [5.74, 6) is 1.56. The summed E-state index contributed by atoms with van der Waals surface area (Å²) in [6.07, 6.45) is 1.46. The first-order valence-corrected chi connectivity index (χ1v) is 14.2. The van der Waals surface area contributed by atoms with Gasteiger partial charge >= 0.3 is 0 Å². The van der Waals surface area contributed by atoms with Gasteiger partial charge in [-0.2, -0.15) is 0 Å². The Kier molecular flexibility index (Phi) is 10.4. The Hall–Kier alpha value is -2.57. The first-order valence-electron chi connectivity index (χ1n) is 11.9. The molecule has 2 aromatic carbocycles.